The van der Waals surface area contributed by atoms with Crippen LogP contribution in [0, 0.1) is 18.5 Å². The van der Waals surface area contributed by atoms with Crippen molar-refractivity contribution in [1.82, 2.24) is 14.1 Å². The van der Waals surface area contributed by atoms with Gasteiger partial charge in [0, 0.05) is 44.3 Å². The number of hydrogen-bond acceptors (Lipinski definition) is 2. The minimum Gasteiger partial charge on any atom is -0.510 e. The molecule has 8 aromatic carbocycles. The zero-order chi connectivity index (χ0) is 52.9. The van der Waals surface area contributed by atoms with Crippen molar-refractivity contribution in [3.63, 3.8) is 0 Å². The molecule has 0 N–H and O–H groups in total. The molecule has 3 aromatic heterocycles. The van der Waals surface area contributed by atoms with E-state index < -0.39 is 83.6 Å². The average molecular weight is 1020 g/mol. The van der Waals surface area contributed by atoms with Crippen LogP contribution in [0.2, 0.25) is 0 Å². The van der Waals surface area contributed by atoms with Crippen LogP contribution in [0.4, 0.5) is 0 Å². The number of hydrogen-bond donors (Lipinski definition) is 0. The molecule has 0 aliphatic heterocycles. The largest absolute Gasteiger partial charge is 0.510 e. The first-order valence-corrected chi connectivity index (χ1v) is 20.3. The van der Waals surface area contributed by atoms with Crippen LogP contribution in [0.1, 0.15) is 42.8 Å². The molecule has 0 amide bonds. The van der Waals surface area contributed by atoms with E-state index in [0.29, 0.717) is 33.8 Å². The van der Waals surface area contributed by atoms with Crippen molar-refractivity contribution in [1.29, 1.82) is 0 Å². The van der Waals surface area contributed by atoms with E-state index in [0.717, 1.165) is 33.2 Å². The molecular weight excluding hydrogens is 964 g/mol. The maximum absolute atomic E-state index is 10.00. The number of fused-ring (bicyclic) bond motifs is 4. The van der Waals surface area contributed by atoms with Gasteiger partial charge in [-0.25, -0.2) is 4.98 Å². The van der Waals surface area contributed by atoms with E-state index >= 15 is 0 Å². The topological polar surface area (TPSA) is 35.9 Å². The second kappa shape index (κ2) is 16.7. The Balaban J connectivity index is 0.00000657. The van der Waals surface area contributed by atoms with Crippen LogP contribution in [-0.2, 0) is 26.5 Å². The van der Waals surface area contributed by atoms with Crippen molar-refractivity contribution in [3.8, 4) is 62.1 Å². The fraction of sp³-hybridized carbons (Fsp3) is 0.0690. The maximum atomic E-state index is 10.00. The van der Waals surface area contributed by atoms with Crippen LogP contribution in [0.15, 0.2) is 200 Å². The molecule has 3 heterocycles. The molecule has 0 spiro atoms. The number of imidazole rings is 1. The summed E-state index contributed by atoms with van der Waals surface area (Å²) in [6.45, 7) is 6.47. The molecule has 0 radical (unpaired) electrons. The maximum Gasteiger partial charge on any atom is 0.268 e. The molecule has 0 atom stereocenters. The zero-order valence-corrected chi connectivity index (χ0v) is 36.9. The van der Waals surface area contributed by atoms with Crippen LogP contribution in [0.3, 0.4) is 0 Å². The summed E-state index contributed by atoms with van der Waals surface area (Å²) in [7, 11) is 0. The molecule has 0 fully saturated rings. The Morgan fingerprint density at radius 2 is 1.27 bits per heavy atom. The molecular formula is C58H42N4OPt-2. The minimum absolute atomic E-state index is 0. The first kappa shape index (κ1) is 29.1. The van der Waals surface area contributed by atoms with E-state index in [2.05, 4.69) is 55.9 Å². The van der Waals surface area contributed by atoms with Crippen LogP contribution in [-0.4, -0.2) is 14.1 Å². The van der Waals surface area contributed by atoms with E-state index in [1.54, 1.807) is 77.4 Å². The summed E-state index contributed by atoms with van der Waals surface area (Å²) in [6.07, 6.45) is 5.15. The van der Waals surface area contributed by atoms with Crippen molar-refractivity contribution in [2.45, 2.75) is 26.2 Å². The van der Waals surface area contributed by atoms with Crippen molar-refractivity contribution in [3.05, 3.63) is 224 Å². The van der Waals surface area contributed by atoms with E-state index in [4.69, 9.17) is 17.9 Å². The molecule has 0 bridgehead atoms. The summed E-state index contributed by atoms with van der Waals surface area (Å²) >= 11 is 0. The fourth-order valence-electron chi connectivity index (χ4n) is 7.94. The van der Waals surface area contributed by atoms with Gasteiger partial charge in [0.15, 0.2) is 0 Å². The Kier molecular flexibility index (Phi) is 7.62. The van der Waals surface area contributed by atoms with E-state index in [1.165, 1.54) is 4.57 Å². The Labute approximate surface area is 404 Å². The standard InChI is InChI=1S/C58H42N4O.Pt/c1-58(2,3)44-32-33-59-56(36-44)62-52-27-14-13-26-48(52)49-31-30-47(38-55(49)62)63-46-25-17-24-45(37-46)60-39-61(54-29-16-15-28-53(54)60)57-50(41-20-9-5-10-21-41)34-43(40-18-7-4-8-19-40)35-51(57)42-22-11-6-12-23-42;/h4-36H,1-3H3;/q-2;/i5D,6D,9D,10D,11D,12D,20D,21D,22D,23D,34D,35D;. The van der Waals surface area contributed by atoms with Crippen LogP contribution >= 0.6 is 0 Å². The molecule has 0 saturated carbocycles. The first-order valence-electron chi connectivity index (χ1n) is 26.3. The van der Waals surface area contributed by atoms with Gasteiger partial charge in [0.05, 0.1) is 33.2 Å². The number of rotatable bonds is 8. The predicted octanol–water partition coefficient (Wildman–Crippen LogP) is 13.9. The fourth-order valence-corrected chi connectivity index (χ4v) is 7.94. The third-order valence-electron chi connectivity index (χ3n) is 10.9. The first-order chi connectivity index (χ1) is 35.9. The summed E-state index contributed by atoms with van der Waals surface area (Å²) in [4.78, 5) is 4.80. The minimum atomic E-state index is -0.691. The number of pyridine rings is 1. The zero-order valence-electron chi connectivity index (χ0n) is 46.6. The molecule has 6 heteroatoms. The van der Waals surface area contributed by atoms with Crippen molar-refractivity contribution < 1.29 is 46.8 Å². The molecule has 0 aliphatic carbocycles. The van der Waals surface area contributed by atoms with Crippen molar-refractivity contribution in [2.75, 3.05) is 0 Å². The third kappa shape index (κ3) is 7.42. The van der Waals surface area contributed by atoms with Crippen molar-refractivity contribution >= 4 is 32.8 Å². The monoisotopic (exact) mass is 1020 g/mol. The summed E-state index contributed by atoms with van der Waals surface area (Å²) < 4.78 is 121. The van der Waals surface area contributed by atoms with Crippen molar-refractivity contribution in [2.24, 2.45) is 0 Å². The Morgan fingerprint density at radius 3 is 1.98 bits per heavy atom. The number of para-hydroxylation sites is 3. The molecule has 11 aromatic rings. The van der Waals surface area contributed by atoms with Gasteiger partial charge in [-0.2, -0.15) is 18.2 Å². The molecule has 64 heavy (non-hydrogen) atoms. The van der Waals surface area contributed by atoms with Crippen LogP contribution in [0.5, 0.6) is 11.5 Å². The van der Waals surface area contributed by atoms with E-state index in [9.17, 15) is 8.22 Å². The number of nitrogens with zero attached hydrogens (tertiary/aromatic N) is 4. The Hall–Kier alpha value is -7.33. The Bertz CT molecular complexity index is 4040. The normalized spacial score (nSPS) is 14.2. The molecule has 0 saturated heterocycles. The molecule has 11 rings (SSSR count). The van der Waals surface area contributed by atoms with Crippen LogP contribution < -0.4 is 9.30 Å². The van der Waals surface area contributed by atoms with E-state index in [1.807, 2.05) is 42.6 Å². The number of benzene rings is 8. The second-order valence-electron chi connectivity index (χ2n) is 15.9. The smallest absolute Gasteiger partial charge is 0.268 e. The average Bonchev–Trinajstić information content (AvgIpc) is 3.96. The number of aromatic nitrogens is 4. The number of ether oxygens (including phenoxy) is 1. The van der Waals surface area contributed by atoms with Gasteiger partial charge in [0.25, 0.3) is 6.33 Å². The van der Waals surface area contributed by atoms with Gasteiger partial charge < -0.3 is 13.9 Å². The van der Waals surface area contributed by atoms with Gasteiger partial charge in [-0.15, -0.1) is 29.7 Å². The molecule has 5 nitrogen and oxygen atoms in total. The molecule has 0 unspecified atom stereocenters. The molecule has 0 aliphatic rings. The van der Waals surface area contributed by atoms with Gasteiger partial charge in [-0.05, 0) is 85.7 Å². The predicted molar refractivity (Wildman–Crippen MR) is 255 cm³/mol. The summed E-state index contributed by atoms with van der Waals surface area (Å²) in [5.41, 5.74) is 2.65. The van der Waals surface area contributed by atoms with Gasteiger partial charge in [0.1, 0.15) is 5.82 Å². The molecule has 312 valence electrons. The van der Waals surface area contributed by atoms with Gasteiger partial charge in [-0.1, -0.05) is 160 Å². The summed E-state index contributed by atoms with van der Waals surface area (Å²) in [5.74, 6) is 1.41. The Morgan fingerprint density at radius 1 is 0.609 bits per heavy atom. The van der Waals surface area contributed by atoms with Gasteiger partial charge in [-0.3, -0.25) is 4.57 Å². The van der Waals surface area contributed by atoms with E-state index in [-0.39, 0.29) is 48.9 Å². The van der Waals surface area contributed by atoms with Crippen LogP contribution in [0.25, 0.3) is 83.4 Å². The second-order valence-corrected chi connectivity index (χ2v) is 15.9. The summed E-state index contributed by atoms with van der Waals surface area (Å²) in [6, 6.07) is 35.9. The third-order valence-corrected chi connectivity index (χ3v) is 10.9. The summed E-state index contributed by atoms with van der Waals surface area (Å²) in [5, 5.41) is 1.97. The quantitative estimate of drug-likeness (QED) is 0.112. The van der Waals surface area contributed by atoms with Gasteiger partial charge >= 0.3 is 0 Å². The SMILES string of the molecule is [2H]c1c([2H])c([2H])c(-c2c([2H])c(-c3ccccc3)c([2H])c(-c3c([2H])c([2H])c([2H])c([2H])c3[2H])c2-[n+]2[c-]n(-c3[c-]c(Oc4[c-]c5c(cc4)c4ccccc4n5-c4cc(C(C)(C)C)ccn4)ccc3)c3ccccc32)c([2H])c1[2H].[Pt]. The van der Waals surface area contributed by atoms with Gasteiger partial charge in [0.2, 0.25) is 0 Å².